The first-order chi connectivity index (χ1) is 16.9. The molecule has 190 valence electrons. The Hall–Kier alpha value is -3.17. The molecule has 4 rings (SSSR count). The standard InChI is InChI=1S/C26H30ClN5O3S/c1-17-14-26(2,3)32(15-17)25-23(24(28)33)20(12-13-29-25)36(34,35)22-11-7-10-21(30-22)31(4)16-18-8-5-6-9-19(18)27/h5-13,17H,14-16H2,1-4H3,(H2,28,33). The highest BCUT2D eigenvalue weighted by molar-refractivity contribution is 7.91. The molecule has 1 fully saturated rings. The Balaban J connectivity index is 1.75. The summed E-state index contributed by atoms with van der Waals surface area (Å²) in [4.78, 5) is 25.0. The monoisotopic (exact) mass is 527 g/mol. The lowest BCUT2D eigenvalue weighted by Crippen LogP contribution is -2.40. The molecule has 3 aromatic rings. The van der Waals surface area contributed by atoms with Crippen molar-refractivity contribution in [2.45, 2.75) is 49.2 Å². The number of nitrogens with two attached hydrogens (primary N) is 1. The molecule has 1 aromatic carbocycles. The first-order valence-corrected chi connectivity index (χ1v) is 13.5. The van der Waals surface area contributed by atoms with Crippen LogP contribution in [0.1, 0.15) is 43.1 Å². The fourth-order valence-electron chi connectivity index (χ4n) is 4.90. The molecule has 1 amide bonds. The predicted molar refractivity (Wildman–Crippen MR) is 141 cm³/mol. The minimum Gasteiger partial charge on any atom is -0.365 e. The smallest absolute Gasteiger partial charge is 0.253 e. The molecule has 10 heteroatoms. The summed E-state index contributed by atoms with van der Waals surface area (Å²) in [6.07, 6.45) is 2.28. The highest BCUT2D eigenvalue weighted by atomic mass is 35.5. The van der Waals surface area contributed by atoms with E-state index in [0.717, 1.165) is 12.0 Å². The molecule has 8 nitrogen and oxygen atoms in total. The SMILES string of the molecule is CC1CN(c2nccc(S(=O)(=O)c3cccc(N(C)Cc4ccccc4Cl)n3)c2C(N)=O)C(C)(C)C1. The number of rotatable bonds is 7. The molecule has 3 heterocycles. The zero-order chi connectivity index (χ0) is 26.3. The average Bonchev–Trinajstić information content (AvgIpc) is 3.11. The summed E-state index contributed by atoms with van der Waals surface area (Å²) in [6, 6.07) is 13.5. The highest BCUT2D eigenvalue weighted by Crippen LogP contribution is 2.39. The molecular formula is C26H30ClN5O3S. The van der Waals surface area contributed by atoms with Gasteiger partial charge in [-0.25, -0.2) is 18.4 Å². The van der Waals surface area contributed by atoms with Crippen LogP contribution >= 0.6 is 11.6 Å². The average molecular weight is 528 g/mol. The molecule has 1 saturated heterocycles. The third kappa shape index (κ3) is 4.90. The summed E-state index contributed by atoms with van der Waals surface area (Å²) in [5, 5.41) is 0.433. The maximum atomic E-state index is 13.8. The summed E-state index contributed by atoms with van der Waals surface area (Å²) in [7, 11) is -2.38. The van der Waals surface area contributed by atoms with Crippen LogP contribution in [-0.4, -0.2) is 43.4 Å². The normalized spacial score (nSPS) is 17.2. The molecule has 1 aliphatic rings. The van der Waals surface area contributed by atoms with Crippen molar-refractivity contribution < 1.29 is 13.2 Å². The van der Waals surface area contributed by atoms with E-state index in [-0.39, 0.29) is 26.8 Å². The van der Waals surface area contributed by atoms with Crippen molar-refractivity contribution in [2.75, 3.05) is 23.4 Å². The molecule has 36 heavy (non-hydrogen) atoms. The van der Waals surface area contributed by atoms with Crippen LogP contribution in [0.25, 0.3) is 0 Å². The number of hydrogen-bond donors (Lipinski definition) is 1. The lowest BCUT2D eigenvalue weighted by Gasteiger charge is -2.33. The number of primary amides is 1. The molecule has 1 unspecified atom stereocenters. The Morgan fingerprint density at radius 2 is 1.92 bits per heavy atom. The van der Waals surface area contributed by atoms with Crippen LogP contribution in [-0.2, 0) is 16.4 Å². The van der Waals surface area contributed by atoms with Crippen molar-refractivity contribution in [1.29, 1.82) is 0 Å². The third-order valence-corrected chi connectivity index (χ3v) is 8.56. The van der Waals surface area contributed by atoms with Crippen LogP contribution < -0.4 is 15.5 Å². The number of amides is 1. The molecule has 1 atom stereocenters. The summed E-state index contributed by atoms with van der Waals surface area (Å²) < 4.78 is 27.6. The quantitative estimate of drug-likeness (QED) is 0.487. The Bertz CT molecular complexity index is 1410. The van der Waals surface area contributed by atoms with Crippen LogP contribution in [0.5, 0.6) is 0 Å². The Morgan fingerprint density at radius 3 is 2.56 bits per heavy atom. The highest BCUT2D eigenvalue weighted by Gasteiger charge is 2.40. The molecule has 0 radical (unpaired) electrons. The number of anilines is 2. The minimum atomic E-state index is -4.19. The summed E-state index contributed by atoms with van der Waals surface area (Å²) in [5.74, 6) is 0.235. The third-order valence-electron chi connectivity index (χ3n) is 6.50. The molecule has 2 N–H and O–H groups in total. The van der Waals surface area contributed by atoms with Crippen molar-refractivity contribution in [3.63, 3.8) is 0 Å². The number of halogens is 1. The molecule has 1 aliphatic heterocycles. The van der Waals surface area contributed by atoms with Gasteiger partial charge in [-0.1, -0.05) is 42.8 Å². The first-order valence-electron chi connectivity index (χ1n) is 11.6. The van der Waals surface area contributed by atoms with Gasteiger partial charge >= 0.3 is 0 Å². The number of aromatic nitrogens is 2. The van der Waals surface area contributed by atoms with E-state index in [2.05, 4.69) is 16.9 Å². The first kappa shape index (κ1) is 25.9. The second-order valence-electron chi connectivity index (χ2n) is 9.89. The second-order valence-corrected chi connectivity index (χ2v) is 12.2. The molecule has 2 aromatic heterocycles. The summed E-state index contributed by atoms with van der Waals surface area (Å²) >= 11 is 6.29. The number of pyridine rings is 2. The summed E-state index contributed by atoms with van der Waals surface area (Å²) in [6.45, 7) is 7.28. The molecular weight excluding hydrogens is 498 g/mol. The topological polar surface area (TPSA) is 109 Å². The molecule has 0 bridgehead atoms. The van der Waals surface area contributed by atoms with Crippen LogP contribution in [0.3, 0.4) is 0 Å². The van der Waals surface area contributed by atoms with E-state index in [1.165, 1.54) is 18.3 Å². The Labute approximate surface area is 217 Å². The van der Waals surface area contributed by atoms with Gasteiger partial charge in [0, 0.05) is 36.9 Å². The zero-order valence-electron chi connectivity index (χ0n) is 20.8. The second kappa shape index (κ2) is 9.71. The van der Waals surface area contributed by atoms with E-state index >= 15 is 0 Å². The molecule has 0 aliphatic carbocycles. The maximum absolute atomic E-state index is 13.8. The number of nitrogens with zero attached hydrogens (tertiary/aromatic N) is 4. The van der Waals surface area contributed by atoms with Gasteiger partial charge in [-0.05, 0) is 56.0 Å². The van der Waals surface area contributed by atoms with E-state index in [1.807, 2.05) is 36.9 Å². The van der Waals surface area contributed by atoms with Crippen LogP contribution in [0.4, 0.5) is 11.6 Å². The minimum absolute atomic E-state index is 0.115. The Morgan fingerprint density at radius 1 is 1.19 bits per heavy atom. The lowest BCUT2D eigenvalue weighted by molar-refractivity contribution is 0.0997. The van der Waals surface area contributed by atoms with Crippen molar-refractivity contribution in [3.8, 4) is 0 Å². The van der Waals surface area contributed by atoms with Crippen molar-refractivity contribution in [3.05, 3.63) is 70.9 Å². The summed E-state index contributed by atoms with van der Waals surface area (Å²) in [5.41, 5.74) is 6.21. The number of carbonyl (C=O) groups excluding carboxylic acids is 1. The largest absolute Gasteiger partial charge is 0.365 e. The van der Waals surface area contributed by atoms with Gasteiger partial charge < -0.3 is 15.5 Å². The van der Waals surface area contributed by atoms with E-state index in [1.54, 1.807) is 30.1 Å². The van der Waals surface area contributed by atoms with E-state index in [0.29, 0.717) is 29.8 Å². The van der Waals surface area contributed by atoms with Gasteiger partial charge in [0.1, 0.15) is 17.2 Å². The number of carbonyl (C=O) groups is 1. The van der Waals surface area contributed by atoms with Gasteiger partial charge in [-0.2, -0.15) is 0 Å². The molecule has 0 saturated carbocycles. The van der Waals surface area contributed by atoms with Crippen molar-refractivity contribution >= 4 is 39.0 Å². The lowest BCUT2D eigenvalue weighted by atomic mass is 9.97. The van der Waals surface area contributed by atoms with Gasteiger partial charge in [0.25, 0.3) is 5.91 Å². The molecule has 0 spiro atoms. The fourth-order valence-corrected chi connectivity index (χ4v) is 6.49. The van der Waals surface area contributed by atoms with E-state index in [4.69, 9.17) is 17.3 Å². The predicted octanol–water partition coefficient (Wildman–Crippen LogP) is 4.32. The van der Waals surface area contributed by atoms with Gasteiger partial charge in [0.05, 0.1) is 4.90 Å². The van der Waals surface area contributed by atoms with E-state index in [9.17, 15) is 13.2 Å². The van der Waals surface area contributed by atoms with Crippen LogP contribution in [0.15, 0.2) is 64.6 Å². The van der Waals surface area contributed by atoms with Crippen molar-refractivity contribution in [2.24, 2.45) is 11.7 Å². The fraction of sp³-hybridized carbons (Fsp3) is 0.346. The zero-order valence-corrected chi connectivity index (χ0v) is 22.3. The maximum Gasteiger partial charge on any atom is 0.253 e. The van der Waals surface area contributed by atoms with Gasteiger partial charge in [0.15, 0.2) is 5.03 Å². The van der Waals surface area contributed by atoms with Gasteiger partial charge in [-0.3, -0.25) is 4.79 Å². The van der Waals surface area contributed by atoms with Crippen LogP contribution in [0.2, 0.25) is 5.02 Å². The Kier molecular flexibility index (Phi) is 6.99. The number of hydrogen-bond acceptors (Lipinski definition) is 7. The van der Waals surface area contributed by atoms with Gasteiger partial charge in [0.2, 0.25) is 9.84 Å². The van der Waals surface area contributed by atoms with Crippen LogP contribution in [0, 0.1) is 5.92 Å². The van der Waals surface area contributed by atoms with E-state index < -0.39 is 15.7 Å². The number of sulfone groups is 1. The van der Waals surface area contributed by atoms with Gasteiger partial charge in [-0.15, -0.1) is 0 Å². The van der Waals surface area contributed by atoms with Crippen molar-refractivity contribution in [1.82, 2.24) is 9.97 Å². The number of benzene rings is 1.